The number of hydrogen-bond donors (Lipinski definition) is 4. The molecule has 1 aliphatic carbocycles. The molecule has 0 unspecified atom stereocenters. The zero-order valence-electron chi connectivity index (χ0n) is 18.4. The van der Waals surface area contributed by atoms with E-state index in [9.17, 15) is 9.59 Å². The van der Waals surface area contributed by atoms with Crippen molar-refractivity contribution in [2.75, 3.05) is 16.0 Å². The molecule has 0 bridgehead atoms. The number of amides is 2. The van der Waals surface area contributed by atoms with Crippen LogP contribution >= 0.6 is 11.6 Å². The Kier molecular flexibility index (Phi) is 6.74. The smallest absolute Gasteiger partial charge is 0.251 e. The number of aromatic nitrogens is 2. The first kappa shape index (κ1) is 22.5. The monoisotopic (exact) mass is 464 g/mol. The van der Waals surface area contributed by atoms with E-state index in [2.05, 4.69) is 31.2 Å². The normalized spacial score (nSPS) is 12.8. The van der Waals surface area contributed by atoms with Crippen molar-refractivity contribution in [3.63, 3.8) is 0 Å². The van der Waals surface area contributed by atoms with Crippen molar-refractivity contribution in [3.05, 3.63) is 65.3 Å². The van der Waals surface area contributed by atoms with Gasteiger partial charge in [0.05, 0.1) is 17.6 Å². The van der Waals surface area contributed by atoms with E-state index in [0.717, 1.165) is 18.5 Å². The van der Waals surface area contributed by atoms with Crippen LogP contribution in [0, 0.1) is 5.92 Å². The Morgan fingerprint density at radius 1 is 1.00 bits per heavy atom. The average molecular weight is 465 g/mol. The highest BCUT2D eigenvalue weighted by molar-refractivity contribution is 6.33. The molecule has 4 N–H and O–H groups in total. The van der Waals surface area contributed by atoms with Crippen LogP contribution in [0.5, 0.6) is 0 Å². The highest BCUT2D eigenvalue weighted by Gasteiger charge is 2.30. The average Bonchev–Trinajstić information content (AvgIpc) is 3.63. The number of nitrogens with one attached hydrogen (secondary N) is 4. The third-order valence-electron chi connectivity index (χ3n) is 4.95. The fourth-order valence-electron chi connectivity index (χ4n) is 3.10. The topological polar surface area (TPSA) is 108 Å². The zero-order valence-corrected chi connectivity index (χ0v) is 19.1. The molecule has 0 aliphatic heterocycles. The Morgan fingerprint density at radius 3 is 2.36 bits per heavy atom. The molecule has 2 amide bonds. The third kappa shape index (κ3) is 5.98. The van der Waals surface area contributed by atoms with Gasteiger partial charge in [-0.1, -0.05) is 23.7 Å². The van der Waals surface area contributed by atoms with Crippen molar-refractivity contribution in [2.45, 2.75) is 32.7 Å². The molecule has 9 heteroatoms. The highest BCUT2D eigenvalue weighted by atomic mass is 35.5. The minimum atomic E-state index is -0.127. The summed E-state index contributed by atoms with van der Waals surface area (Å²) < 4.78 is 0. The van der Waals surface area contributed by atoms with Gasteiger partial charge in [0.2, 0.25) is 11.9 Å². The van der Waals surface area contributed by atoms with E-state index in [-0.39, 0.29) is 23.8 Å². The van der Waals surface area contributed by atoms with E-state index >= 15 is 0 Å². The number of benzene rings is 2. The summed E-state index contributed by atoms with van der Waals surface area (Å²) in [6, 6.07) is 14.5. The lowest BCUT2D eigenvalue weighted by Gasteiger charge is -2.14. The van der Waals surface area contributed by atoms with Crippen molar-refractivity contribution in [2.24, 2.45) is 5.92 Å². The second kappa shape index (κ2) is 9.87. The summed E-state index contributed by atoms with van der Waals surface area (Å²) >= 11 is 6.32. The second-order valence-corrected chi connectivity index (χ2v) is 8.56. The van der Waals surface area contributed by atoms with Gasteiger partial charge in [-0.2, -0.15) is 4.98 Å². The maximum absolute atomic E-state index is 12.2. The first-order valence-corrected chi connectivity index (χ1v) is 11.1. The van der Waals surface area contributed by atoms with Gasteiger partial charge in [-0.15, -0.1) is 0 Å². The maximum Gasteiger partial charge on any atom is 0.251 e. The molecule has 8 nitrogen and oxygen atoms in total. The van der Waals surface area contributed by atoms with Crippen LogP contribution in [0.4, 0.5) is 28.8 Å². The lowest BCUT2D eigenvalue weighted by molar-refractivity contribution is -0.117. The Bertz CT molecular complexity index is 1160. The number of nitrogens with zero attached hydrogens (tertiary/aromatic N) is 2. The van der Waals surface area contributed by atoms with E-state index in [1.807, 2.05) is 38.1 Å². The van der Waals surface area contributed by atoms with Crippen molar-refractivity contribution in [3.8, 4) is 0 Å². The van der Waals surface area contributed by atoms with Crippen LogP contribution in [0.15, 0.2) is 54.7 Å². The Balaban J connectivity index is 1.47. The van der Waals surface area contributed by atoms with E-state index in [4.69, 9.17) is 11.6 Å². The van der Waals surface area contributed by atoms with Gasteiger partial charge in [-0.25, -0.2) is 4.98 Å². The van der Waals surface area contributed by atoms with Gasteiger partial charge in [0.1, 0.15) is 5.02 Å². The van der Waals surface area contributed by atoms with Crippen LogP contribution in [-0.4, -0.2) is 27.8 Å². The second-order valence-electron chi connectivity index (χ2n) is 8.15. The largest absolute Gasteiger partial charge is 0.350 e. The number of para-hydroxylation sites is 2. The van der Waals surface area contributed by atoms with Gasteiger partial charge >= 0.3 is 0 Å². The molecule has 1 aliphatic rings. The molecule has 2 aromatic carbocycles. The maximum atomic E-state index is 12.2. The quantitative estimate of drug-likeness (QED) is 0.369. The number of rotatable bonds is 8. The molecular weight excluding hydrogens is 440 g/mol. The van der Waals surface area contributed by atoms with Crippen LogP contribution < -0.4 is 21.3 Å². The lowest BCUT2D eigenvalue weighted by Crippen LogP contribution is -2.29. The van der Waals surface area contributed by atoms with E-state index in [1.165, 1.54) is 6.20 Å². The van der Waals surface area contributed by atoms with Gasteiger partial charge < -0.3 is 21.3 Å². The van der Waals surface area contributed by atoms with E-state index in [0.29, 0.717) is 33.7 Å². The van der Waals surface area contributed by atoms with Crippen molar-refractivity contribution >= 4 is 52.2 Å². The molecule has 3 aromatic rings. The number of carbonyl (C=O) groups excluding carboxylic acids is 2. The van der Waals surface area contributed by atoms with Gasteiger partial charge in [-0.3, -0.25) is 9.59 Å². The molecule has 1 aromatic heterocycles. The Hall–Kier alpha value is -3.65. The Labute approximate surface area is 197 Å². The van der Waals surface area contributed by atoms with E-state index in [1.54, 1.807) is 24.3 Å². The number of hydrogen-bond acceptors (Lipinski definition) is 6. The summed E-state index contributed by atoms with van der Waals surface area (Å²) in [6.07, 6.45) is 3.35. The summed E-state index contributed by atoms with van der Waals surface area (Å²) in [5, 5.41) is 12.4. The standard InChI is InChI=1S/C24H25ClN6O2/c1-14(2)27-22(32)16-9-11-17(12-10-16)28-24-26-13-18(25)21(31-24)29-19-5-3-4-6-20(19)30-23(33)15-7-8-15/h3-6,9-15H,7-8H2,1-2H3,(H,27,32)(H,30,33)(H2,26,28,29,31). The molecule has 33 heavy (non-hydrogen) atoms. The molecule has 1 fully saturated rings. The van der Waals surface area contributed by atoms with E-state index < -0.39 is 0 Å². The van der Waals surface area contributed by atoms with Crippen molar-refractivity contribution in [1.29, 1.82) is 0 Å². The molecule has 1 heterocycles. The minimum absolute atomic E-state index is 0.0194. The third-order valence-corrected chi connectivity index (χ3v) is 5.23. The number of anilines is 5. The minimum Gasteiger partial charge on any atom is -0.350 e. The molecule has 0 atom stereocenters. The van der Waals surface area contributed by atoms with Gasteiger partial charge in [0.25, 0.3) is 5.91 Å². The van der Waals surface area contributed by atoms with Gasteiger partial charge in [0, 0.05) is 23.2 Å². The summed E-state index contributed by atoms with van der Waals surface area (Å²) in [7, 11) is 0. The summed E-state index contributed by atoms with van der Waals surface area (Å²) in [5.41, 5.74) is 2.63. The predicted molar refractivity (Wildman–Crippen MR) is 130 cm³/mol. The van der Waals surface area contributed by atoms with Gasteiger partial charge in [-0.05, 0) is 63.1 Å². The van der Waals surface area contributed by atoms with Crippen molar-refractivity contribution in [1.82, 2.24) is 15.3 Å². The molecule has 4 rings (SSSR count). The number of carbonyl (C=O) groups is 2. The molecule has 0 saturated heterocycles. The summed E-state index contributed by atoms with van der Waals surface area (Å²) in [4.78, 5) is 33.0. The van der Waals surface area contributed by atoms with Crippen LogP contribution in [0.2, 0.25) is 5.02 Å². The molecule has 1 saturated carbocycles. The fourth-order valence-corrected chi connectivity index (χ4v) is 3.24. The zero-order chi connectivity index (χ0) is 23.4. The molecule has 170 valence electrons. The van der Waals surface area contributed by atoms with Crippen LogP contribution in [-0.2, 0) is 4.79 Å². The predicted octanol–water partition coefficient (Wildman–Crippen LogP) is 5.10. The first-order chi connectivity index (χ1) is 15.9. The highest BCUT2D eigenvalue weighted by Crippen LogP contribution is 2.33. The first-order valence-electron chi connectivity index (χ1n) is 10.8. The lowest BCUT2D eigenvalue weighted by atomic mass is 10.2. The van der Waals surface area contributed by atoms with Gasteiger partial charge in [0.15, 0.2) is 5.82 Å². The molecule has 0 radical (unpaired) electrons. The van der Waals surface area contributed by atoms with Crippen LogP contribution in [0.1, 0.15) is 37.0 Å². The summed E-state index contributed by atoms with van der Waals surface area (Å²) in [6.45, 7) is 3.83. The van der Waals surface area contributed by atoms with Crippen molar-refractivity contribution < 1.29 is 9.59 Å². The van der Waals surface area contributed by atoms with Crippen LogP contribution in [0.3, 0.4) is 0 Å². The SMILES string of the molecule is CC(C)NC(=O)c1ccc(Nc2ncc(Cl)c(Nc3ccccc3NC(=O)C3CC3)n2)cc1. The Morgan fingerprint density at radius 2 is 1.70 bits per heavy atom. The molecular formula is C24H25ClN6O2. The fraction of sp³-hybridized carbons (Fsp3) is 0.250. The molecule has 0 spiro atoms. The summed E-state index contributed by atoms with van der Waals surface area (Å²) in [5.74, 6) is 0.722. The van der Waals surface area contributed by atoms with Crippen LogP contribution in [0.25, 0.3) is 0 Å². The number of halogens is 1.